The molecule has 0 bridgehead atoms. The normalized spacial score (nSPS) is 15.6. The van der Waals surface area contributed by atoms with Crippen molar-refractivity contribution in [2.75, 3.05) is 48.8 Å². The number of hydrogen-bond donors (Lipinski definition) is 2. The van der Waals surface area contributed by atoms with Crippen LogP contribution in [0.4, 0.5) is 23.0 Å². The van der Waals surface area contributed by atoms with Crippen molar-refractivity contribution in [2.24, 2.45) is 0 Å². The molecule has 24 heavy (non-hydrogen) atoms. The zero-order valence-corrected chi connectivity index (χ0v) is 14.7. The average Bonchev–Trinajstić information content (AvgIpc) is 2.62. The fourth-order valence-electron chi connectivity index (χ4n) is 2.96. The number of benzene rings is 1. The third kappa shape index (κ3) is 3.94. The van der Waals surface area contributed by atoms with Gasteiger partial charge in [0.1, 0.15) is 18.0 Å². The topological polar surface area (TPSA) is 56.3 Å². The van der Waals surface area contributed by atoms with Crippen LogP contribution in [0.5, 0.6) is 0 Å². The Balaban J connectivity index is 1.61. The second kappa shape index (κ2) is 7.49. The van der Waals surface area contributed by atoms with Gasteiger partial charge in [-0.1, -0.05) is 0 Å². The summed E-state index contributed by atoms with van der Waals surface area (Å²) in [5, 5.41) is 6.33. The molecule has 1 aliphatic heterocycles. The van der Waals surface area contributed by atoms with Crippen LogP contribution in [0.2, 0.25) is 0 Å². The molecule has 0 atom stereocenters. The third-order valence-electron chi connectivity index (χ3n) is 4.47. The monoisotopic (exact) mass is 326 g/mol. The zero-order valence-electron chi connectivity index (χ0n) is 14.7. The fraction of sp³-hybridized carbons (Fsp3) is 0.444. The Kier molecular flexibility index (Phi) is 5.15. The van der Waals surface area contributed by atoms with Gasteiger partial charge in [0.05, 0.1) is 0 Å². The van der Waals surface area contributed by atoms with E-state index in [1.165, 1.54) is 5.69 Å². The molecule has 6 heteroatoms. The standard InChI is InChI=1S/C18H26N6/c1-14(2)23-8-10-24(11-9-23)16-6-4-15(5-7-16)22-18-12-17(19-3)20-13-21-18/h4-7,12-14H,8-11H2,1-3H3,(H2,19,20,21,22). The van der Waals surface area contributed by atoms with E-state index in [0.717, 1.165) is 43.5 Å². The van der Waals surface area contributed by atoms with E-state index >= 15 is 0 Å². The first-order valence-corrected chi connectivity index (χ1v) is 8.51. The molecule has 1 fully saturated rings. The summed E-state index contributed by atoms with van der Waals surface area (Å²) in [5.74, 6) is 1.58. The molecule has 3 rings (SSSR count). The molecule has 2 aromatic rings. The summed E-state index contributed by atoms with van der Waals surface area (Å²) < 4.78 is 0. The average molecular weight is 326 g/mol. The van der Waals surface area contributed by atoms with Crippen molar-refractivity contribution in [1.82, 2.24) is 14.9 Å². The fourth-order valence-corrected chi connectivity index (χ4v) is 2.96. The molecule has 0 unspecified atom stereocenters. The predicted molar refractivity (Wildman–Crippen MR) is 100 cm³/mol. The van der Waals surface area contributed by atoms with Crippen LogP contribution >= 0.6 is 0 Å². The lowest BCUT2D eigenvalue weighted by Gasteiger charge is -2.38. The van der Waals surface area contributed by atoms with Gasteiger partial charge in [-0.2, -0.15) is 0 Å². The maximum Gasteiger partial charge on any atom is 0.135 e. The van der Waals surface area contributed by atoms with Crippen molar-refractivity contribution in [2.45, 2.75) is 19.9 Å². The molecule has 6 nitrogen and oxygen atoms in total. The Morgan fingerprint density at radius 1 is 0.958 bits per heavy atom. The van der Waals surface area contributed by atoms with Crippen molar-refractivity contribution in [3.05, 3.63) is 36.7 Å². The number of nitrogens with zero attached hydrogens (tertiary/aromatic N) is 4. The Labute approximate surface area is 143 Å². The quantitative estimate of drug-likeness (QED) is 0.881. The van der Waals surface area contributed by atoms with Gasteiger partial charge in [0.15, 0.2) is 0 Å². The number of nitrogens with one attached hydrogen (secondary N) is 2. The Morgan fingerprint density at radius 2 is 1.62 bits per heavy atom. The molecule has 0 radical (unpaired) electrons. The van der Waals surface area contributed by atoms with Crippen LogP contribution in [0.1, 0.15) is 13.8 Å². The molecule has 0 saturated carbocycles. The van der Waals surface area contributed by atoms with Gasteiger partial charge in [-0.3, -0.25) is 4.90 Å². The van der Waals surface area contributed by atoms with E-state index in [-0.39, 0.29) is 0 Å². The highest BCUT2D eigenvalue weighted by Crippen LogP contribution is 2.22. The zero-order chi connectivity index (χ0) is 16.9. The van der Waals surface area contributed by atoms with E-state index in [2.05, 4.69) is 68.5 Å². The molecule has 1 aliphatic rings. The van der Waals surface area contributed by atoms with E-state index in [9.17, 15) is 0 Å². The molecule has 2 heterocycles. The van der Waals surface area contributed by atoms with Gasteiger partial charge in [0, 0.05) is 56.7 Å². The van der Waals surface area contributed by atoms with Crippen LogP contribution in [0, 0.1) is 0 Å². The molecule has 1 aromatic carbocycles. The minimum absolute atomic E-state index is 0.633. The van der Waals surface area contributed by atoms with Crippen molar-refractivity contribution < 1.29 is 0 Å². The maximum absolute atomic E-state index is 4.24. The first-order chi connectivity index (χ1) is 11.7. The van der Waals surface area contributed by atoms with Gasteiger partial charge in [0.2, 0.25) is 0 Å². The van der Waals surface area contributed by atoms with Crippen molar-refractivity contribution in [3.63, 3.8) is 0 Å². The van der Waals surface area contributed by atoms with Gasteiger partial charge >= 0.3 is 0 Å². The van der Waals surface area contributed by atoms with Gasteiger partial charge in [-0.05, 0) is 38.1 Å². The lowest BCUT2D eigenvalue weighted by molar-refractivity contribution is 0.209. The van der Waals surface area contributed by atoms with Gasteiger partial charge in [-0.15, -0.1) is 0 Å². The van der Waals surface area contributed by atoms with Crippen molar-refractivity contribution in [3.8, 4) is 0 Å². The third-order valence-corrected chi connectivity index (χ3v) is 4.47. The minimum atomic E-state index is 0.633. The van der Waals surface area contributed by atoms with Gasteiger partial charge < -0.3 is 15.5 Å². The van der Waals surface area contributed by atoms with Crippen molar-refractivity contribution >= 4 is 23.0 Å². The number of aromatic nitrogens is 2. The van der Waals surface area contributed by atoms with Crippen LogP contribution in [0.25, 0.3) is 0 Å². The highest BCUT2D eigenvalue weighted by atomic mass is 15.3. The van der Waals surface area contributed by atoms with E-state index in [4.69, 9.17) is 0 Å². The molecule has 128 valence electrons. The van der Waals surface area contributed by atoms with Crippen molar-refractivity contribution in [1.29, 1.82) is 0 Å². The Bertz CT molecular complexity index is 647. The SMILES string of the molecule is CNc1cc(Nc2ccc(N3CCN(C(C)C)CC3)cc2)ncn1. The summed E-state index contributed by atoms with van der Waals surface area (Å²) >= 11 is 0. The molecule has 1 aromatic heterocycles. The van der Waals surface area contributed by atoms with Gasteiger partial charge in [0.25, 0.3) is 0 Å². The van der Waals surface area contributed by atoms with E-state index in [1.54, 1.807) is 6.33 Å². The van der Waals surface area contributed by atoms with Crippen LogP contribution < -0.4 is 15.5 Å². The number of hydrogen-bond acceptors (Lipinski definition) is 6. The highest BCUT2D eigenvalue weighted by molar-refractivity contribution is 5.62. The van der Waals surface area contributed by atoms with Crippen LogP contribution in [0.15, 0.2) is 36.7 Å². The molecule has 1 saturated heterocycles. The summed E-state index contributed by atoms with van der Waals surface area (Å²) in [4.78, 5) is 13.3. The molecular formula is C18H26N6. The molecule has 0 aliphatic carbocycles. The summed E-state index contributed by atoms with van der Waals surface area (Å²) in [6.45, 7) is 8.97. The summed E-state index contributed by atoms with van der Waals surface area (Å²) in [7, 11) is 1.85. The largest absolute Gasteiger partial charge is 0.373 e. The van der Waals surface area contributed by atoms with Gasteiger partial charge in [-0.25, -0.2) is 9.97 Å². The minimum Gasteiger partial charge on any atom is -0.373 e. The van der Waals surface area contributed by atoms with E-state index in [1.807, 2.05) is 13.1 Å². The number of piperazine rings is 1. The lowest BCUT2D eigenvalue weighted by Crippen LogP contribution is -2.48. The molecule has 2 N–H and O–H groups in total. The maximum atomic E-state index is 4.24. The van der Waals surface area contributed by atoms with E-state index < -0.39 is 0 Å². The van der Waals surface area contributed by atoms with E-state index in [0.29, 0.717) is 6.04 Å². The second-order valence-electron chi connectivity index (χ2n) is 6.33. The molecular weight excluding hydrogens is 300 g/mol. The predicted octanol–water partition coefficient (Wildman–Crippen LogP) is 2.79. The van der Waals surface area contributed by atoms with Crippen LogP contribution in [-0.2, 0) is 0 Å². The smallest absolute Gasteiger partial charge is 0.135 e. The summed E-state index contributed by atoms with van der Waals surface area (Å²) in [5.41, 5.74) is 2.31. The Morgan fingerprint density at radius 3 is 2.25 bits per heavy atom. The highest BCUT2D eigenvalue weighted by Gasteiger charge is 2.18. The second-order valence-corrected chi connectivity index (χ2v) is 6.33. The number of rotatable bonds is 5. The molecule has 0 spiro atoms. The molecule has 0 amide bonds. The summed E-state index contributed by atoms with van der Waals surface area (Å²) in [6.07, 6.45) is 1.55. The van der Waals surface area contributed by atoms with Crippen LogP contribution in [-0.4, -0.2) is 54.1 Å². The first-order valence-electron chi connectivity index (χ1n) is 8.51. The lowest BCUT2D eigenvalue weighted by atomic mass is 10.2. The summed E-state index contributed by atoms with van der Waals surface area (Å²) in [6, 6.07) is 11.1. The Hall–Kier alpha value is -2.34. The number of anilines is 4. The first kappa shape index (κ1) is 16.5. The van der Waals surface area contributed by atoms with Crippen LogP contribution in [0.3, 0.4) is 0 Å².